The first-order valence-electron chi connectivity index (χ1n) is 5.30. The Balaban J connectivity index is 2.68. The fraction of sp³-hybridized carbons (Fsp3) is 0.636. The average molecular weight is 208 g/mol. The van der Waals surface area contributed by atoms with E-state index >= 15 is 0 Å². The van der Waals surface area contributed by atoms with Gasteiger partial charge < -0.3 is 11.1 Å². The molecule has 84 valence electrons. The lowest BCUT2D eigenvalue weighted by molar-refractivity contribution is 0.406. The summed E-state index contributed by atoms with van der Waals surface area (Å²) in [4.78, 5) is 8.02. The van der Waals surface area contributed by atoms with E-state index in [9.17, 15) is 0 Å². The fourth-order valence-corrected chi connectivity index (χ4v) is 1.76. The number of rotatable bonds is 5. The maximum Gasteiger partial charge on any atom is 0.129 e. The van der Waals surface area contributed by atoms with E-state index in [1.807, 2.05) is 6.07 Å². The van der Waals surface area contributed by atoms with Crippen LogP contribution in [0.1, 0.15) is 27.2 Å². The molecule has 1 unspecified atom stereocenters. The second kappa shape index (κ2) is 5.07. The highest BCUT2D eigenvalue weighted by Gasteiger charge is 2.23. The van der Waals surface area contributed by atoms with Crippen molar-refractivity contribution in [1.29, 1.82) is 0 Å². The minimum atomic E-state index is -0.0947. The Kier molecular flexibility index (Phi) is 4.03. The standard InChI is InChI=1S/C11H20N4/c1-9(2)6-11(3,7-12)15-10-4-5-13-8-14-10/h4-5,8-9H,6-7,12H2,1-3H3,(H,13,14,15). The molecule has 0 fully saturated rings. The van der Waals surface area contributed by atoms with E-state index in [1.54, 1.807) is 6.20 Å². The molecule has 0 bridgehead atoms. The molecule has 1 aromatic rings. The Morgan fingerprint density at radius 2 is 2.27 bits per heavy atom. The molecule has 0 aliphatic carbocycles. The van der Waals surface area contributed by atoms with Crippen molar-refractivity contribution in [3.05, 3.63) is 18.6 Å². The molecule has 3 N–H and O–H groups in total. The van der Waals surface area contributed by atoms with Gasteiger partial charge in [0.1, 0.15) is 12.1 Å². The summed E-state index contributed by atoms with van der Waals surface area (Å²) < 4.78 is 0. The Hall–Kier alpha value is -1.16. The molecule has 1 rings (SSSR count). The second-order valence-corrected chi connectivity index (χ2v) is 4.58. The number of nitrogens with zero attached hydrogens (tertiary/aromatic N) is 2. The largest absolute Gasteiger partial charge is 0.364 e. The van der Waals surface area contributed by atoms with Crippen molar-refractivity contribution >= 4 is 5.82 Å². The third-order valence-corrected chi connectivity index (χ3v) is 2.32. The molecule has 15 heavy (non-hydrogen) atoms. The summed E-state index contributed by atoms with van der Waals surface area (Å²) in [6, 6.07) is 1.86. The molecule has 1 aromatic heterocycles. The molecule has 0 spiro atoms. The third kappa shape index (κ3) is 3.83. The molecule has 0 aliphatic rings. The van der Waals surface area contributed by atoms with Crippen molar-refractivity contribution in [2.24, 2.45) is 11.7 Å². The van der Waals surface area contributed by atoms with Gasteiger partial charge in [0.2, 0.25) is 0 Å². The molecule has 1 heterocycles. The number of hydrogen-bond acceptors (Lipinski definition) is 4. The molecule has 0 saturated carbocycles. The Morgan fingerprint density at radius 3 is 2.73 bits per heavy atom. The van der Waals surface area contributed by atoms with Crippen LogP contribution in [0.3, 0.4) is 0 Å². The van der Waals surface area contributed by atoms with Crippen LogP contribution in [-0.4, -0.2) is 22.1 Å². The first-order chi connectivity index (χ1) is 7.06. The van der Waals surface area contributed by atoms with E-state index in [-0.39, 0.29) is 5.54 Å². The summed E-state index contributed by atoms with van der Waals surface area (Å²) in [7, 11) is 0. The van der Waals surface area contributed by atoms with Crippen molar-refractivity contribution < 1.29 is 0 Å². The van der Waals surface area contributed by atoms with E-state index in [2.05, 4.69) is 36.1 Å². The van der Waals surface area contributed by atoms with Crippen LogP contribution < -0.4 is 11.1 Å². The molecule has 1 atom stereocenters. The molecule has 0 amide bonds. The van der Waals surface area contributed by atoms with Gasteiger partial charge in [-0.1, -0.05) is 13.8 Å². The lowest BCUT2D eigenvalue weighted by Gasteiger charge is -2.31. The predicted molar refractivity (Wildman–Crippen MR) is 62.6 cm³/mol. The fourth-order valence-electron chi connectivity index (χ4n) is 1.76. The van der Waals surface area contributed by atoms with Gasteiger partial charge in [0, 0.05) is 18.3 Å². The zero-order chi connectivity index (χ0) is 11.3. The predicted octanol–water partition coefficient (Wildman–Crippen LogP) is 1.65. The van der Waals surface area contributed by atoms with Gasteiger partial charge in [0.15, 0.2) is 0 Å². The van der Waals surface area contributed by atoms with Crippen LogP contribution >= 0.6 is 0 Å². The highest BCUT2D eigenvalue weighted by molar-refractivity contribution is 5.35. The minimum Gasteiger partial charge on any atom is -0.364 e. The Morgan fingerprint density at radius 1 is 1.53 bits per heavy atom. The molecule has 4 heteroatoms. The average Bonchev–Trinajstić information content (AvgIpc) is 2.18. The highest BCUT2D eigenvalue weighted by atomic mass is 15.1. The SMILES string of the molecule is CC(C)CC(C)(CN)Nc1ccncn1. The number of hydrogen-bond donors (Lipinski definition) is 2. The minimum absolute atomic E-state index is 0.0947. The summed E-state index contributed by atoms with van der Waals surface area (Å²) in [5.41, 5.74) is 5.70. The highest BCUT2D eigenvalue weighted by Crippen LogP contribution is 2.19. The van der Waals surface area contributed by atoms with Crippen LogP contribution in [0.2, 0.25) is 0 Å². The van der Waals surface area contributed by atoms with Crippen molar-refractivity contribution in [3.63, 3.8) is 0 Å². The van der Waals surface area contributed by atoms with Gasteiger partial charge in [-0.3, -0.25) is 0 Å². The molecule has 4 nitrogen and oxygen atoms in total. The third-order valence-electron chi connectivity index (χ3n) is 2.32. The van der Waals surface area contributed by atoms with E-state index in [4.69, 9.17) is 5.73 Å². The van der Waals surface area contributed by atoms with Crippen molar-refractivity contribution in [1.82, 2.24) is 9.97 Å². The Bertz CT molecular complexity index is 286. The number of aromatic nitrogens is 2. The van der Waals surface area contributed by atoms with Crippen LogP contribution in [0.25, 0.3) is 0 Å². The van der Waals surface area contributed by atoms with E-state index in [0.29, 0.717) is 12.5 Å². The van der Waals surface area contributed by atoms with Crippen LogP contribution in [0, 0.1) is 5.92 Å². The smallest absolute Gasteiger partial charge is 0.129 e. The first-order valence-corrected chi connectivity index (χ1v) is 5.30. The van der Waals surface area contributed by atoms with Crippen LogP contribution in [0.15, 0.2) is 18.6 Å². The molecular weight excluding hydrogens is 188 g/mol. The van der Waals surface area contributed by atoms with Gasteiger partial charge in [0.05, 0.1) is 0 Å². The molecular formula is C11H20N4. The summed E-state index contributed by atoms with van der Waals surface area (Å²) in [6.45, 7) is 7.09. The van der Waals surface area contributed by atoms with Crippen molar-refractivity contribution in [3.8, 4) is 0 Å². The maximum atomic E-state index is 5.80. The van der Waals surface area contributed by atoms with E-state index in [1.165, 1.54) is 6.33 Å². The number of nitrogens with two attached hydrogens (primary N) is 1. The molecule has 0 aromatic carbocycles. The zero-order valence-electron chi connectivity index (χ0n) is 9.70. The van der Waals surface area contributed by atoms with Gasteiger partial charge >= 0.3 is 0 Å². The molecule has 0 radical (unpaired) electrons. The van der Waals surface area contributed by atoms with Gasteiger partial charge in [-0.2, -0.15) is 0 Å². The van der Waals surface area contributed by atoms with E-state index in [0.717, 1.165) is 12.2 Å². The van der Waals surface area contributed by atoms with Crippen LogP contribution in [0.5, 0.6) is 0 Å². The number of nitrogens with one attached hydrogen (secondary N) is 1. The van der Waals surface area contributed by atoms with Crippen molar-refractivity contribution in [2.45, 2.75) is 32.7 Å². The van der Waals surface area contributed by atoms with Crippen LogP contribution in [-0.2, 0) is 0 Å². The number of anilines is 1. The Labute approximate surface area is 91.3 Å². The van der Waals surface area contributed by atoms with E-state index < -0.39 is 0 Å². The summed E-state index contributed by atoms with van der Waals surface area (Å²) in [6.07, 6.45) is 4.28. The topological polar surface area (TPSA) is 63.8 Å². The lowest BCUT2D eigenvalue weighted by Crippen LogP contribution is -2.43. The summed E-state index contributed by atoms with van der Waals surface area (Å²) in [5, 5.41) is 3.36. The molecule has 0 aliphatic heterocycles. The van der Waals surface area contributed by atoms with Crippen LogP contribution in [0.4, 0.5) is 5.82 Å². The second-order valence-electron chi connectivity index (χ2n) is 4.58. The first kappa shape index (κ1) is 11.9. The monoisotopic (exact) mass is 208 g/mol. The lowest BCUT2D eigenvalue weighted by atomic mass is 9.91. The maximum absolute atomic E-state index is 5.80. The van der Waals surface area contributed by atoms with Gasteiger partial charge in [-0.25, -0.2) is 9.97 Å². The molecule has 0 saturated heterocycles. The summed E-state index contributed by atoms with van der Waals surface area (Å²) in [5.74, 6) is 1.44. The normalized spacial score (nSPS) is 15.0. The van der Waals surface area contributed by atoms with Gasteiger partial charge in [-0.15, -0.1) is 0 Å². The zero-order valence-corrected chi connectivity index (χ0v) is 9.70. The van der Waals surface area contributed by atoms with Crippen molar-refractivity contribution in [2.75, 3.05) is 11.9 Å². The van der Waals surface area contributed by atoms with Gasteiger partial charge in [-0.05, 0) is 25.3 Å². The quantitative estimate of drug-likeness (QED) is 0.772. The summed E-state index contributed by atoms with van der Waals surface area (Å²) >= 11 is 0. The van der Waals surface area contributed by atoms with Gasteiger partial charge in [0.25, 0.3) is 0 Å².